The Kier molecular flexibility index (Phi) is 3.31. The number of nitrogens with zero attached hydrogens (tertiary/aromatic N) is 1. The standard InChI is InChI=1S/C18H17NO3/c20-16(14-5-6-17-18(9-14)22-12-21-17)11-19-8-7-13-3-1-2-4-15(13)10-19/h1-6,9H,7-8,10-12H2. The van der Waals surface area contributed by atoms with Gasteiger partial charge in [0, 0.05) is 18.7 Å². The lowest BCUT2D eigenvalue weighted by molar-refractivity contribution is 0.0921. The maximum atomic E-state index is 12.5. The quantitative estimate of drug-likeness (QED) is 0.816. The van der Waals surface area contributed by atoms with Gasteiger partial charge in [-0.3, -0.25) is 9.69 Å². The van der Waals surface area contributed by atoms with Crippen LogP contribution in [0.4, 0.5) is 0 Å². The molecule has 2 aliphatic heterocycles. The molecule has 0 unspecified atom stereocenters. The van der Waals surface area contributed by atoms with Gasteiger partial charge in [0.2, 0.25) is 6.79 Å². The molecule has 0 aliphatic carbocycles. The van der Waals surface area contributed by atoms with E-state index in [1.807, 2.05) is 6.07 Å². The first-order valence-corrected chi connectivity index (χ1v) is 7.51. The van der Waals surface area contributed by atoms with Gasteiger partial charge in [-0.15, -0.1) is 0 Å². The topological polar surface area (TPSA) is 38.8 Å². The molecule has 112 valence electrons. The molecule has 4 nitrogen and oxygen atoms in total. The number of fused-ring (bicyclic) bond motifs is 2. The molecule has 2 aromatic carbocycles. The summed E-state index contributed by atoms with van der Waals surface area (Å²) in [6.07, 6.45) is 1.00. The van der Waals surface area contributed by atoms with Gasteiger partial charge in [-0.05, 0) is 35.7 Å². The molecule has 0 spiro atoms. The second-order valence-electron chi connectivity index (χ2n) is 5.72. The van der Waals surface area contributed by atoms with Crippen LogP contribution in [0.3, 0.4) is 0 Å². The molecule has 0 saturated heterocycles. The number of carbonyl (C=O) groups excluding carboxylic acids is 1. The Morgan fingerprint density at radius 3 is 2.77 bits per heavy atom. The molecule has 0 fully saturated rings. The SMILES string of the molecule is O=C(CN1CCc2ccccc2C1)c1ccc2c(c1)OCO2. The van der Waals surface area contributed by atoms with Gasteiger partial charge in [-0.2, -0.15) is 0 Å². The highest BCUT2D eigenvalue weighted by Crippen LogP contribution is 2.32. The van der Waals surface area contributed by atoms with Gasteiger partial charge in [-0.25, -0.2) is 0 Å². The first kappa shape index (κ1) is 13.3. The minimum atomic E-state index is 0.123. The maximum Gasteiger partial charge on any atom is 0.231 e. The zero-order valence-corrected chi connectivity index (χ0v) is 12.2. The van der Waals surface area contributed by atoms with E-state index in [9.17, 15) is 4.79 Å². The molecule has 0 aromatic heterocycles. The number of Topliss-reactive ketones (excluding diaryl/α,β-unsaturated/α-hetero) is 1. The van der Waals surface area contributed by atoms with Crippen LogP contribution in [0.5, 0.6) is 11.5 Å². The normalized spacial score (nSPS) is 16.4. The second kappa shape index (κ2) is 5.46. The lowest BCUT2D eigenvalue weighted by atomic mass is 9.99. The minimum absolute atomic E-state index is 0.123. The summed E-state index contributed by atoms with van der Waals surface area (Å²) in [6, 6.07) is 13.9. The number of carbonyl (C=O) groups is 1. The predicted molar refractivity (Wildman–Crippen MR) is 82.3 cm³/mol. The van der Waals surface area contributed by atoms with Crippen molar-refractivity contribution in [3.05, 3.63) is 59.2 Å². The number of hydrogen-bond donors (Lipinski definition) is 0. The van der Waals surface area contributed by atoms with E-state index in [4.69, 9.17) is 9.47 Å². The van der Waals surface area contributed by atoms with Crippen LogP contribution in [-0.4, -0.2) is 30.6 Å². The first-order valence-electron chi connectivity index (χ1n) is 7.51. The fourth-order valence-electron chi connectivity index (χ4n) is 3.05. The molecule has 0 radical (unpaired) electrons. The van der Waals surface area contributed by atoms with E-state index in [-0.39, 0.29) is 12.6 Å². The molecule has 2 aromatic rings. The Morgan fingerprint density at radius 2 is 1.86 bits per heavy atom. The summed E-state index contributed by atoms with van der Waals surface area (Å²) in [5.41, 5.74) is 3.41. The van der Waals surface area contributed by atoms with Crippen LogP contribution in [0.1, 0.15) is 21.5 Å². The highest BCUT2D eigenvalue weighted by molar-refractivity contribution is 5.98. The molecule has 0 amide bonds. The zero-order valence-electron chi connectivity index (χ0n) is 12.2. The van der Waals surface area contributed by atoms with E-state index in [1.165, 1.54) is 11.1 Å². The summed E-state index contributed by atoms with van der Waals surface area (Å²) >= 11 is 0. The number of benzene rings is 2. The Hall–Kier alpha value is -2.33. The molecular weight excluding hydrogens is 278 g/mol. The summed E-state index contributed by atoms with van der Waals surface area (Å²) in [7, 11) is 0. The van der Waals surface area contributed by atoms with Crippen molar-refractivity contribution in [3.63, 3.8) is 0 Å². The van der Waals surface area contributed by atoms with Crippen LogP contribution < -0.4 is 9.47 Å². The van der Waals surface area contributed by atoms with Crippen molar-refractivity contribution in [1.82, 2.24) is 4.90 Å². The Morgan fingerprint density at radius 1 is 1.05 bits per heavy atom. The van der Waals surface area contributed by atoms with Crippen LogP contribution in [0.2, 0.25) is 0 Å². The van der Waals surface area contributed by atoms with Gasteiger partial charge < -0.3 is 9.47 Å². The Bertz CT molecular complexity index is 726. The average Bonchev–Trinajstić information content (AvgIpc) is 3.02. The highest BCUT2D eigenvalue weighted by atomic mass is 16.7. The number of ether oxygens (including phenoxy) is 2. The molecule has 22 heavy (non-hydrogen) atoms. The summed E-state index contributed by atoms with van der Waals surface area (Å²) in [6.45, 7) is 2.43. The van der Waals surface area contributed by atoms with E-state index in [2.05, 4.69) is 29.2 Å². The van der Waals surface area contributed by atoms with Crippen molar-refractivity contribution in [2.75, 3.05) is 19.9 Å². The van der Waals surface area contributed by atoms with Crippen molar-refractivity contribution < 1.29 is 14.3 Å². The van der Waals surface area contributed by atoms with Crippen molar-refractivity contribution in [3.8, 4) is 11.5 Å². The van der Waals surface area contributed by atoms with Crippen LogP contribution in [0.15, 0.2) is 42.5 Å². The Labute approximate surface area is 129 Å². The fourth-order valence-corrected chi connectivity index (χ4v) is 3.05. The van der Waals surface area contributed by atoms with Gasteiger partial charge in [-0.1, -0.05) is 24.3 Å². The third kappa shape index (κ3) is 2.46. The molecule has 4 rings (SSSR count). The van der Waals surface area contributed by atoms with Gasteiger partial charge in [0.1, 0.15) is 0 Å². The number of hydrogen-bond acceptors (Lipinski definition) is 4. The molecule has 2 aliphatic rings. The van der Waals surface area contributed by atoms with Crippen LogP contribution in [0.25, 0.3) is 0 Å². The van der Waals surface area contributed by atoms with Crippen molar-refractivity contribution in [2.45, 2.75) is 13.0 Å². The van der Waals surface area contributed by atoms with Gasteiger partial charge in [0.15, 0.2) is 17.3 Å². The lowest BCUT2D eigenvalue weighted by Gasteiger charge is -2.28. The summed E-state index contributed by atoms with van der Waals surface area (Å²) in [5.74, 6) is 1.50. The van der Waals surface area contributed by atoms with Gasteiger partial charge in [0.05, 0.1) is 6.54 Å². The van der Waals surface area contributed by atoms with E-state index in [0.29, 0.717) is 23.6 Å². The maximum absolute atomic E-state index is 12.5. The average molecular weight is 295 g/mol. The molecule has 0 atom stereocenters. The van der Waals surface area contributed by atoms with E-state index >= 15 is 0 Å². The molecule has 4 heteroatoms. The van der Waals surface area contributed by atoms with Crippen molar-refractivity contribution in [2.24, 2.45) is 0 Å². The summed E-state index contributed by atoms with van der Waals surface area (Å²) in [4.78, 5) is 14.7. The van der Waals surface area contributed by atoms with E-state index in [0.717, 1.165) is 19.5 Å². The molecule has 0 bridgehead atoms. The summed E-state index contributed by atoms with van der Waals surface area (Å²) in [5, 5.41) is 0. The minimum Gasteiger partial charge on any atom is -0.454 e. The van der Waals surface area contributed by atoms with E-state index < -0.39 is 0 Å². The second-order valence-corrected chi connectivity index (χ2v) is 5.72. The first-order chi connectivity index (χ1) is 10.8. The molecular formula is C18H17NO3. The van der Waals surface area contributed by atoms with Crippen molar-refractivity contribution in [1.29, 1.82) is 0 Å². The number of rotatable bonds is 3. The third-order valence-electron chi connectivity index (χ3n) is 4.27. The fraction of sp³-hybridized carbons (Fsp3) is 0.278. The molecule has 0 N–H and O–H groups in total. The predicted octanol–water partition coefficient (Wildman–Crippen LogP) is 2.66. The van der Waals surface area contributed by atoms with Crippen LogP contribution in [0, 0.1) is 0 Å². The van der Waals surface area contributed by atoms with Gasteiger partial charge in [0.25, 0.3) is 0 Å². The Balaban J connectivity index is 1.47. The molecule has 2 heterocycles. The third-order valence-corrected chi connectivity index (χ3v) is 4.27. The van der Waals surface area contributed by atoms with Crippen LogP contribution in [-0.2, 0) is 13.0 Å². The smallest absolute Gasteiger partial charge is 0.231 e. The van der Waals surface area contributed by atoms with Crippen LogP contribution >= 0.6 is 0 Å². The summed E-state index contributed by atoms with van der Waals surface area (Å²) < 4.78 is 10.6. The lowest BCUT2D eigenvalue weighted by Crippen LogP contribution is -2.34. The largest absolute Gasteiger partial charge is 0.454 e. The van der Waals surface area contributed by atoms with Gasteiger partial charge >= 0.3 is 0 Å². The molecule has 0 saturated carbocycles. The van der Waals surface area contributed by atoms with Crippen molar-refractivity contribution >= 4 is 5.78 Å². The number of ketones is 1. The highest BCUT2D eigenvalue weighted by Gasteiger charge is 2.20. The van der Waals surface area contributed by atoms with E-state index in [1.54, 1.807) is 12.1 Å². The zero-order chi connectivity index (χ0) is 14.9. The monoisotopic (exact) mass is 295 g/mol.